The number of rotatable bonds is 4. The van der Waals surface area contributed by atoms with Gasteiger partial charge in [-0.25, -0.2) is 0 Å². The second-order valence-corrected chi connectivity index (χ2v) is 10.5. The Morgan fingerprint density at radius 1 is 0.583 bits per heavy atom. The number of aryl methyl sites for hydroxylation is 4. The predicted octanol–water partition coefficient (Wildman–Crippen LogP) is 4.46. The number of Topliss-reactive ketones (excluding diaryl/α,β-unsaturated/α-hetero) is 2. The lowest BCUT2D eigenvalue weighted by atomic mass is 9.86. The van der Waals surface area contributed by atoms with E-state index in [0.29, 0.717) is 51.9 Å². The van der Waals surface area contributed by atoms with Crippen LogP contribution >= 0.6 is 0 Å². The zero-order valence-corrected chi connectivity index (χ0v) is 21.8. The maximum atomic E-state index is 13.0. The van der Waals surface area contributed by atoms with Gasteiger partial charge in [0.1, 0.15) is 0 Å². The van der Waals surface area contributed by atoms with Crippen molar-refractivity contribution in [2.45, 2.75) is 53.4 Å². The van der Waals surface area contributed by atoms with Crippen LogP contribution in [-0.2, 0) is 9.59 Å². The third-order valence-electron chi connectivity index (χ3n) is 7.78. The van der Waals surface area contributed by atoms with Crippen LogP contribution in [0.15, 0.2) is 36.4 Å². The van der Waals surface area contributed by atoms with Crippen LogP contribution in [0, 0.1) is 39.5 Å². The Kier molecular flexibility index (Phi) is 7.72. The molecule has 2 aliphatic rings. The highest BCUT2D eigenvalue weighted by Gasteiger charge is 2.35. The summed E-state index contributed by atoms with van der Waals surface area (Å²) in [6.45, 7) is 9.57. The molecule has 2 aromatic carbocycles. The number of likely N-dealkylation sites (tertiary alicyclic amines) is 2. The predicted molar refractivity (Wildman–Crippen MR) is 139 cm³/mol. The van der Waals surface area contributed by atoms with Crippen LogP contribution in [0.2, 0.25) is 0 Å². The van der Waals surface area contributed by atoms with Crippen molar-refractivity contribution in [3.05, 3.63) is 69.8 Å². The van der Waals surface area contributed by atoms with Crippen molar-refractivity contribution >= 4 is 23.4 Å². The Bertz CT molecular complexity index is 1090. The molecule has 2 fully saturated rings. The lowest BCUT2D eigenvalue weighted by Crippen LogP contribution is -2.50. The molecule has 36 heavy (non-hydrogen) atoms. The smallest absolute Gasteiger partial charge is 0.312 e. The monoisotopic (exact) mass is 488 g/mol. The molecule has 0 atom stereocenters. The van der Waals surface area contributed by atoms with Gasteiger partial charge in [0.05, 0.1) is 0 Å². The van der Waals surface area contributed by atoms with Gasteiger partial charge in [-0.05, 0) is 64.5 Å². The van der Waals surface area contributed by atoms with Gasteiger partial charge in [0.15, 0.2) is 11.6 Å². The lowest BCUT2D eigenvalue weighted by molar-refractivity contribution is -0.153. The highest BCUT2D eigenvalue weighted by Crippen LogP contribution is 2.26. The molecule has 0 N–H and O–H groups in total. The SMILES string of the molecule is Cc1ccc(C(=O)C2CCN(C(=O)C(=O)N3CCC(C(=O)c4ccc(C)cc4C)CC3)CC2)c(C)c1. The largest absolute Gasteiger partial charge is 0.334 e. The van der Waals surface area contributed by atoms with Gasteiger partial charge >= 0.3 is 11.8 Å². The number of carbonyl (C=O) groups is 4. The standard InChI is InChI=1S/C30H36N2O4/c1-19-5-7-25(21(3)17-19)27(33)23-9-13-31(14-10-23)29(35)30(36)32-15-11-24(12-16-32)28(34)26-8-6-20(2)18-22(26)4/h5-8,17-18,23-24H,9-16H2,1-4H3. The number of amides is 2. The molecule has 0 bridgehead atoms. The third-order valence-corrected chi connectivity index (χ3v) is 7.78. The van der Waals surface area contributed by atoms with Crippen LogP contribution in [-0.4, -0.2) is 59.4 Å². The minimum Gasteiger partial charge on any atom is -0.334 e. The first-order valence-corrected chi connectivity index (χ1v) is 13.0. The number of hydrogen-bond acceptors (Lipinski definition) is 4. The van der Waals surface area contributed by atoms with E-state index in [1.165, 1.54) is 0 Å². The number of ketones is 2. The van der Waals surface area contributed by atoms with Crippen LogP contribution < -0.4 is 0 Å². The molecule has 0 saturated carbocycles. The molecule has 2 amide bonds. The quantitative estimate of drug-likeness (QED) is 0.470. The molecule has 0 unspecified atom stereocenters. The lowest BCUT2D eigenvalue weighted by Gasteiger charge is -2.35. The molecule has 4 rings (SSSR count). The first-order chi connectivity index (χ1) is 17.2. The molecule has 0 radical (unpaired) electrons. The first kappa shape index (κ1) is 25.8. The minimum atomic E-state index is -0.494. The van der Waals surface area contributed by atoms with Crippen molar-refractivity contribution in [1.82, 2.24) is 9.80 Å². The summed E-state index contributed by atoms with van der Waals surface area (Å²) in [7, 11) is 0. The summed E-state index contributed by atoms with van der Waals surface area (Å²) < 4.78 is 0. The highest BCUT2D eigenvalue weighted by atomic mass is 16.2. The van der Waals surface area contributed by atoms with E-state index >= 15 is 0 Å². The van der Waals surface area contributed by atoms with E-state index in [0.717, 1.165) is 33.4 Å². The van der Waals surface area contributed by atoms with Gasteiger partial charge in [0.2, 0.25) is 0 Å². The van der Waals surface area contributed by atoms with E-state index in [2.05, 4.69) is 0 Å². The van der Waals surface area contributed by atoms with E-state index in [1.807, 2.05) is 64.1 Å². The summed E-state index contributed by atoms with van der Waals surface area (Å²) in [5.41, 5.74) is 5.71. The molecule has 0 aliphatic carbocycles. The molecule has 2 aromatic rings. The molecule has 6 heteroatoms. The Morgan fingerprint density at radius 2 is 0.917 bits per heavy atom. The second kappa shape index (κ2) is 10.8. The third kappa shape index (κ3) is 5.43. The number of hydrogen-bond donors (Lipinski definition) is 0. The number of nitrogens with zero attached hydrogens (tertiary/aromatic N) is 2. The first-order valence-electron chi connectivity index (χ1n) is 13.0. The topological polar surface area (TPSA) is 74.8 Å². The minimum absolute atomic E-state index is 0.126. The van der Waals surface area contributed by atoms with Gasteiger partial charge in [0, 0.05) is 49.1 Å². The zero-order valence-electron chi connectivity index (χ0n) is 21.8. The van der Waals surface area contributed by atoms with E-state index in [-0.39, 0.29) is 23.4 Å². The van der Waals surface area contributed by atoms with Crippen LogP contribution in [0.25, 0.3) is 0 Å². The van der Waals surface area contributed by atoms with E-state index in [9.17, 15) is 19.2 Å². The van der Waals surface area contributed by atoms with Crippen molar-refractivity contribution in [2.75, 3.05) is 26.2 Å². The van der Waals surface area contributed by atoms with Gasteiger partial charge in [-0.2, -0.15) is 0 Å². The average Bonchev–Trinajstić information content (AvgIpc) is 2.87. The maximum absolute atomic E-state index is 13.0. The molecule has 0 aromatic heterocycles. The number of benzene rings is 2. The van der Waals surface area contributed by atoms with E-state index < -0.39 is 11.8 Å². The summed E-state index contributed by atoms with van der Waals surface area (Å²) in [4.78, 5) is 55.1. The Hall–Kier alpha value is -3.28. The molecule has 190 valence electrons. The van der Waals surface area contributed by atoms with Crippen molar-refractivity contribution < 1.29 is 19.2 Å². The highest BCUT2D eigenvalue weighted by molar-refractivity contribution is 6.35. The average molecular weight is 489 g/mol. The van der Waals surface area contributed by atoms with Crippen molar-refractivity contribution in [2.24, 2.45) is 11.8 Å². The van der Waals surface area contributed by atoms with Gasteiger partial charge in [0.25, 0.3) is 0 Å². The Labute approximate surface area is 213 Å². The normalized spacial score (nSPS) is 17.2. The van der Waals surface area contributed by atoms with Gasteiger partial charge < -0.3 is 9.80 Å². The van der Waals surface area contributed by atoms with Gasteiger partial charge in [-0.3, -0.25) is 19.2 Å². The molecule has 0 spiro atoms. The molecule has 2 heterocycles. The molecule has 2 saturated heterocycles. The van der Waals surface area contributed by atoms with E-state index in [4.69, 9.17) is 0 Å². The van der Waals surface area contributed by atoms with Crippen LogP contribution in [0.4, 0.5) is 0 Å². The van der Waals surface area contributed by atoms with Crippen molar-refractivity contribution in [3.63, 3.8) is 0 Å². The molecular weight excluding hydrogens is 452 g/mol. The zero-order chi connectivity index (χ0) is 26.0. The fourth-order valence-corrected chi connectivity index (χ4v) is 5.58. The Balaban J connectivity index is 1.28. The fraction of sp³-hybridized carbons (Fsp3) is 0.467. The molecular formula is C30H36N2O4. The van der Waals surface area contributed by atoms with Crippen LogP contribution in [0.5, 0.6) is 0 Å². The van der Waals surface area contributed by atoms with E-state index in [1.54, 1.807) is 9.80 Å². The van der Waals surface area contributed by atoms with Gasteiger partial charge in [-0.1, -0.05) is 47.5 Å². The van der Waals surface area contributed by atoms with Crippen LogP contribution in [0.1, 0.15) is 68.7 Å². The summed E-state index contributed by atoms with van der Waals surface area (Å²) in [6, 6.07) is 11.7. The molecule has 2 aliphatic heterocycles. The van der Waals surface area contributed by atoms with Gasteiger partial charge in [-0.15, -0.1) is 0 Å². The summed E-state index contributed by atoms with van der Waals surface area (Å²) in [6.07, 6.45) is 2.27. The number of carbonyl (C=O) groups excluding carboxylic acids is 4. The van der Waals surface area contributed by atoms with Crippen LogP contribution in [0.3, 0.4) is 0 Å². The summed E-state index contributed by atoms with van der Waals surface area (Å²) in [5.74, 6) is -0.990. The summed E-state index contributed by atoms with van der Waals surface area (Å²) in [5, 5.41) is 0. The Morgan fingerprint density at radius 3 is 1.22 bits per heavy atom. The second-order valence-electron chi connectivity index (χ2n) is 10.5. The van der Waals surface area contributed by atoms with Crippen molar-refractivity contribution in [3.8, 4) is 0 Å². The number of piperidine rings is 2. The summed E-state index contributed by atoms with van der Waals surface area (Å²) >= 11 is 0. The maximum Gasteiger partial charge on any atom is 0.312 e. The van der Waals surface area contributed by atoms with Crippen molar-refractivity contribution in [1.29, 1.82) is 0 Å². The fourth-order valence-electron chi connectivity index (χ4n) is 5.58. The molecule has 6 nitrogen and oxygen atoms in total.